The second-order valence-electron chi connectivity index (χ2n) is 10.2. The lowest BCUT2D eigenvalue weighted by Crippen LogP contribution is -2.60. The molecule has 16 nitrogen and oxygen atoms in total. The average molecular weight is 611 g/mol. The molecule has 0 radical (unpaired) electrons. The Kier molecular flexibility index (Phi) is 8.52. The Morgan fingerprint density at radius 2 is 1.35 bits per heavy atom. The summed E-state index contributed by atoms with van der Waals surface area (Å²) in [6.45, 7) is -1.55. The third kappa shape index (κ3) is 5.27. The summed E-state index contributed by atoms with van der Waals surface area (Å²) in [5.41, 5.74) is -2.11. The topological polar surface area (TPSA) is 280 Å². The fraction of sp³-hybridized carbons (Fsp3) is 0.444. The summed E-state index contributed by atoms with van der Waals surface area (Å²) in [6.07, 6.45) is -15.9. The second kappa shape index (κ2) is 11.9. The van der Waals surface area contributed by atoms with Gasteiger partial charge in [0.05, 0.1) is 25.2 Å². The van der Waals surface area contributed by atoms with E-state index in [9.17, 15) is 61.0 Å². The van der Waals surface area contributed by atoms with Gasteiger partial charge in [-0.25, -0.2) is 0 Å². The summed E-state index contributed by atoms with van der Waals surface area (Å²) in [5.74, 6) is -4.81. The Morgan fingerprint density at radius 1 is 0.767 bits per heavy atom. The normalized spacial score (nSPS) is 33.0. The number of aromatic hydroxyl groups is 3. The van der Waals surface area contributed by atoms with Crippen molar-refractivity contribution in [3.8, 4) is 34.3 Å². The third-order valence-corrected chi connectivity index (χ3v) is 7.59. The van der Waals surface area contributed by atoms with Gasteiger partial charge in [0.25, 0.3) is 0 Å². The van der Waals surface area contributed by atoms with Gasteiger partial charge in [0.2, 0.25) is 11.2 Å². The number of fused-ring (bicyclic) bond motifs is 1. The number of benzene rings is 2. The molecule has 16 heteroatoms. The number of phenolic OH excluding ortho intramolecular Hbond substituents is 3. The van der Waals surface area contributed by atoms with E-state index >= 15 is 0 Å². The van der Waals surface area contributed by atoms with Crippen molar-refractivity contribution < 1.29 is 74.8 Å². The molecule has 234 valence electrons. The van der Waals surface area contributed by atoms with Crippen LogP contribution in [0.15, 0.2) is 39.5 Å². The molecular formula is C27H30O16. The molecule has 11 N–H and O–H groups in total. The van der Waals surface area contributed by atoms with E-state index in [4.69, 9.17) is 18.6 Å². The first-order chi connectivity index (χ1) is 20.4. The van der Waals surface area contributed by atoms with Crippen LogP contribution in [0.3, 0.4) is 0 Å². The summed E-state index contributed by atoms with van der Waals surface area (Å²) in [4.78, 5) is 14.0. The van der Waals surface area contributed by atoms with Crippen molar-refractivity contribution in [1.29, 1.82) is 0 Å². The second-order valence-corrected chi connectivity index (χ2v) is 10.2. The molecule has 0 bridgehead atoms. The Morgan fingerprint density at radius 3 is 1.95 bits per heavy atom. The fourth-order valence-electron chi connectivity index (χ4n) is 5.30. The maximum atomic E-state index is 14.0. The summed E-state index contributed by atoms with van der Waals surface area (Å²) in [5, 5.41) is 113. The molecule has 2 aliphatic heterocycles. The Bertz CT molecular complexity index is 1520. The molecule has 2 saturated heterocycles. The van der Waals surface area contributed by atoms with Crippen LogP contribution in [-0.4, -0.2) is 125 Å². The van der Waals surface area contributed by atoms with E-state index in [2.05, 4.69) is 0 Å². The maximum Gasteiger partial charge on any atom is 0.239 e. The number of phenols is 3. The van der Waals surface area contributed by atoms with E-state index < -0.39 is 114 Å². The van der Waals surface area contributed by atoms with E-state index in [1.807, 2.05) is 0 Å². The van der Waals surface area contributed by atoms with Crippen LogP contribution < -0.4 is 10.2 Å². The molecule has 0 spiro atoms. The Hall–Kier alpha value is -3.55. The van der Waals surface area contributed by atoms with Crippen LogP contribution in [0.25, 0.3) is 22.3 Å². The lowest BCUT2D eigenvalue weighted by molar-refractivity contribution is -0.280. The van der Waals surface area contributed by atoms with E-state index in [0.717, 1.165) is 6.07 Å². The third-order valence-electron chi connectivity index (χ3n) is 7.59. The van der Waals surface area contributed by atoms with Crippen LogP contribution in [-0.2, 0) is 9.47 Å². The summed E-state index contributed by atoms with van der Waals surface area (Å²) in [7, 11) is 0. The maximum absolute atomic E-state index is 14.0. The van der Waals surface area contributed by atoms with Crippen molar-refractivity contribution in [3.05, 3.63) is 46.1 Å². The van der Waals surface area contributed by atoms with Gasteiger partial charge in [0, 0.05) is 17.2 Å². The molecule has 3 heterocycles. The highest BCUT2D eigenvalue weighted by molar-refractivity contribution is 5.90. The minimum Gasteiger partial charge on any atom is -0.508 e. The molecule has 3 aromatic rings. The number of aliphatic hydroxyl groups excluding tert-OH is 8. The first-order valence-corrected chi connectivity index (χ1v) is 13.0. The van der Waals surface area contributed by atoms with E-state index in [0.29, 0.717) is 0 Å². The van der Waals surface area contributed by atoms with Crippen molar-refractivity contribution in [1.82, 2.24) is 0 Å². The van der Waals surface area contributed by atoms with Gasteiger partial charge >= 0.3 is 0 Å². The number of hydrogen-bond acceptors (Lipinski definition) is 16. The monoisotopic (exact) mass is 610 g/mol. The van der Waals surface area contributed by atoms with Gasteiger partial charge in [-0.3, -0.25) is 4.79 Å². The molecular weight excluding hydrogens is 580 g/mol. The average Bonchev–Trinajstić information content (AvgIpc) is 2.97. The minimum absolute atomic E-state index is 0.106. The molecule has 43 heavy (non-hydrogen) atoms. The summed E-state index contributed by atoms with van der Waals surface area (Å²) in [6, 6.07) is 5.98. The number of hydrogen-bond donors (Lipinski definition) is 11. The molecule has 0 aliphatic carbocycles. The standard InChI is InChI=1S/C27H30O16/c28-6-12-17(32)20(35)16(26(38)41-12)14-10(31)5-11-15(19(14)34)21(36)24(23(40-11)8-1-3-9(30)4-2-8)43-25-22(37)18(33)13(7-29)42-27(25)39/h1-5,12-13,16-18,20,22,25-35,37-39H,6-7H2. The highest BCUT2D eigenvalue weighted by Gasteiger charge is 2.48. The zero-order valence-electron chi connectivity index (χ0n) is 22.0. The fourth-order valence-corrected chi connectivity index (χ4v) is 5.30. The number of ether oxygens (including phenoxy) is 3. The smallest absolute Gasteiger partial charge is 0.239 e. The van der Waals surface area contributed by atoms with Crippen molar-refractivity contribution >= 4 is 11.0 Å². The predicted octanol–water partition coefficient (Wildman–Crippen LogP) is -2.73. The molecule has 10 atom stereocenters. The van der Waals surface area contributed by atoms with Crippen LogP contribution in [0.2, 0.25) is 0 Å². The van der Waals surface area contributed by atoms with Gasteiger partial charge in [0.1, 0.15) is 58.7 Å². The van der Waals surface area contributed by atoms with Crippen LogP contribution in [0, 0.1) is 0 Å². The quantitative estimate of drug-likeness (QED) is 0.135. The number of rotatable bonds is 6. The lowest BCUT2D eigenvalue weighted by Gasteiger charge is -2.40. The highest BCUT2D eigenvalue weighted by Crippen LogP contribution is 2.46. The van der Waals surface area contributed by atoms with E-state index in [1.165, 1.54) is 24.3 Å². The molecule has 0 saturated carbocycles. The van der Waals surface area contributed by atoms with E-state index in [1.54, 1.807) is 0 Å². The summed E-state index contributed by atoms with van der Waals surface area (Å²) < 4.78 is 21.7. The first-order valence-electron chi connectivity index (χ1n) is 13.0. The lowest BCUT2D eigenvalue weighted by atomic mass is 9.83. The van der Waals surface area contributed by atoms with Crippen LogP contribution >= 0.6 is 0 Å². The number of aliphatic hydroxyl groups is 8. The van der Waals surface area contributed by atoms with Crippen molar-refractivity contribution in [2.75, 3.05) is 13.2 Å². The van der Waals surface area contributed by atoms with Gasteiger partial charge in [-0.2, -0.15) is 0 Å². The zero-order chi connectivity index (χ0) is 31.3. The minimum atomic E-state index is -1.98. The predicted molar refractivity (Wildman–Crippen MR) is 140 cm³/mol. The van der Waals surface area contributed by atoms with Crippen molar-refractivity contribution in [2.24, 2.45) is 0 Å². The van der Waals surface area contributed by atoms with Gasteiger partial charge in [-0.15, -0.1) is 0 Å². The zero-order valence-corrected chi connectivity index (χ0v) is 22.0. The molecule has 2 aromatic carbocycles. The van der Waals surface area contributed by atoms with Crippen molar-refractivity contribution in [3.63, 3.8) is 0 Å². The summed E-state index contributed by atoms with van der Waals surface area (Å²) >= 11 is 0. The van der Waals surface area contributed by atoms with Crippen LogP contribution in [0.5, 0.6) is 23.0 Å². The first kappa shape index (κ1) is 30.9. The highest BCUT2D eigenvalue weighted by atomic mass is 16.7. The molecule has 2 aliphatic rings. The van der Waals surface area contributed by atoms with Crippen LogP contribution in [0.4, 0.5) is 0 Å². The van der Waals surface area contributed by atoms with Crippen LogP contribution in [0.1, 0.15) is 11.5 Å². The van der Waals surface area contributed by atoms with Gasteiger partial charge in [-0.05, 0) is 24.3 Å². The molecule has 10 unspecified atom stereocenters. The van der Waals surface area contributed by atoms with Gasteiger partial charge in [-0.1, -0.05) is 0 Å². The Balaban J connectivity index is 1.70. The SMILES string of the molecule is O=c1c(OC2C(O)OC(CO)C(O)C2O)c(-c2ccc(O)cc2)oc2cc(O)c(C3C(O)OC(CO)C(O)C3O)c(O)c12. The van der Waals surface area contributed by atoms with E-state index in [-0.39, 0.29) is 17.1 Å². The van der Waals surface area contributed by atoms with Crippen molar-refractivity contribution in [2.45, 2.75) is 61.2 Å². The Labute approximate surface area is 241 Å². The largest absolute Gasteiger partial charge is 0.508 e. The molecule has 2 fully saturated rings. The molecule has 0 amide bonds. The molecule has 5 rings (SSSR count). The molecule has 1 aromatic heterocycles. The van der Waals surface area contributed by atoms with Gasteiger partial charge in [0.15, 0.2) is 24.4 Å². The van der Waals surface area contributed by atoms with Gasteiger partial charge < -0.3 is 74.8 Å².